The maximum Gasteiger partial charge on any atom is 0.319 e. The molecule has 2 N–H and O–H groups in total. The van der Waals surface area contributed by atoms with Gasteiger partial charge in [0.05, 0.1) is 0 Å². The van der Waals surface area contributed by atoms with E-state index >= 15 is 0 Å². The first-order chi connectivity index (χ1) is 15.0. The number of nitrogens with one attached hydrogen (secondary N) is 2. The van der Waals surface area contributed by atoms with Crippen molar-refractivity contribution in [1.82, 2.24) is 9.88 Å². The number of benzene rings is 2. The molecular formula is C26H28FN3O. The number of fused-ring (bicyclic) bond motifs is 1. The summed E-state index contributed by atoms with van der Waals surface area (Å²) in [7, 11) is 0. The number of carbonyl (C=O) groups is 1. The van der Waals surface area contributed by atoms with E-state index in [4.69, 9.17) is 0 Å². The van der Waals surface area contributed by atoms with Crippen LogP contribution in [0.3, 0.4) is 0 Å². The maximum atomic E-state index is 13.2. The number of halogens is 1. The van der Waals surface area contributed by atoms with E-state index in [9.17, 15) is 9.18 Å². The maximum absolute atomic E-state index is 13.2. The summed E-state index contributed by atoms with van der Waals surface area (Å²) in [5.41, 5.74) is 2.98. The summed E-state index contributed by atoms with van der Waals surface area (Å²) in [4.78, 5) is 12.8. The average molecular weight is 418 g/mol. The molecule has 0 atom stereocenters. The zero-order valence-electron chi connectivity index (χ0n) is 17.6. The number of urea groups is 1. The number of rotatable bonds is 4. The zero-order chi connectivity index (χ0) is 21.0. The molecule has 4 aliphatic carbocycles. The Morgan fingerprint density at radius 1 is 0.968 bits per heavy atom. The van der Waals surface area contributed by atoms with Crippen LogP contribution in [0.5, 0.6) is 0 Å². The van der Waals surface area contributed by atoms with Crippen molar-refractivity contribution in [2.45, 2.75) is 50.6 Å². The summed E-state index contributed by atoms with van der Waals surface area (Å²) in [6, 6.07) is 14.6. The third kappa shape index (κ3) is 3.60. The van der Waals surface area contributed by atoms with Gasteiger partial charge in [-0.05, 0) is 98.2 Å². The molecular weight excluding hydrogens is 389 g/mol. The quantitative estimate of drug-likeness (QED) is 0.544. The fraction of sp³-hybridized carbons (Fsp3) is 0.423. The van der Waals surface area contributed by atoms with Gasteiger partial charge in [-0.1, -0.05) is 12.1 Å². The first kappa shape index (κ1) is 18.9. The predicted octanol–water partition coefficient (Wildman–Crippen LogP) is 5.92. The Kier molecular flexibility index (Phi) is 4.34. The summed E-state index contributed by atoms with van der Waals surface area (Å²) in [5.74, 6) is 2.21. The van der Waals surface area contributed by atoms with Gasteiger partial charge in [0.15, 0.2) is 0 Å². The van der Waals surface area contributed by atoms with Gasteiger partial charge in [0.25, 0.3) is 0 Å². The number of nitrogens with zero attached hydrogens (tertiary/aromatic N) is 1. The number of hydrogen-bond donors (Lipinski definition) is 2. The number of carbonyl (C=O) groups excluding carboxylic acids is 1. The van der Waals surface area contributed by atoms with E-state index in [1.165, 1.54) is 31.4 Å². The molecule has 4 aliphatic rings. The molecule has 0 aliphatic heterocycles. The lowest BCUT2D eigenvalue weighted by Gasteiger charge is -2.56. The van der Waals surface area contributed by atoms with E-state index in [0.29, 0.717) is 6.54 Å². The Morgan fingerprint density at radius 2 is 1.65 bits per heavy atom. The molecule has 1 aromatic heterocycles. The van der Waals surface area contributed by atoms with E-state index in [2.05, 4.69) is 21.3 Å². The lowest BCUT2D eigenvalue weighted by Crippen LogP contribution is -2.60. The minimum Gasteiger partial charge on any atom is -0.343 e. The van der Waals surface area contributed by atoms with Gasteiger partial charge in [-0.2, -0.15) is 0 Å². The van der Waals surface area contributed by atoms with Crippen molar-refractivity contribution in [1.29, 1.82) is 0 Å². The van der Waals surface area contributed by atoms with Crippen molar-refractivity contribution in [2.75, 3.05) is 5.32 Å². The molecule has 0 radical (unpaired) electrons. The van der Waals surface area contributed by atoms with Crippen molar-refractivity contribution in [3.63, 3.8) is 0 Å². The average Bonchev–Trinajstić information content (AvgIpc) is 3.10. The Bertz CT molecular complexity index is 1100. The molecule has 31 heavy (non-hydrogen) atoms. The molecule has 3 aromatic rings. The van der Waals surface area contributed by atoms with Crippen LogP contribution in [0.25, 0.3) is 10.9 Å². The van der Waals surface area contributed by atoms with Gasteiger partial charge in [-0.15, -0.1) is 0 Å². The SMILES string of the molecule is O=C(Nc1ccc2c(ccn2Cc2ccc(F)cc2)c1)NC12CC3CC(CC(C3)C1)C2. The molecule has 0 saturated heterocycles. The molecule has 160 valence electrons. The Hall–Kier alpha value is -2.82. The van der Waals surface area contributed by atoms with Crippen LogP contribution in [-0.4, -0.2) is 16.1 Å². The van der Waals surface area contributed by atoms with E-state index in [-0.39, 0.29) is 17.4 Å². The second kappa shape index (κ2) is 7.11. The first-order valence-electron chi connectivity index (χ1n) is 11.5. The van der Waals surface area contributed by atoms with E-state index in [0.717, 1.165) is 59.2 Å². The summed E-state index contributed by atoms with van der Waals surface area (Å²) in [5, 5.41) is 7.53. The minimum atomic E-state index is -0.219. The smallest absolute Gasteiger partial charge is 0.319 e. The number of anilines is 1. The zero-order valence-corrected chi connectivity index (χ0v) is 17.6. The highest BCUT2D eigenvalue weighted by Gasteiger charge is 2.51. The molecule has 4 fully saturated rings. The molecule has 2 amide bonds. The normalized spacial score (nSPS) is 28.7. The van der Waals surface area contributed by atoms with E-state index < -0.39 is 0 Å². The Morgan fingerprint density at radius 3 is 2.32 bits per heavy atom. The minimum absolute atomic E-state index is 0.0153. The van der Waals surface area contributed by atoms with Crippen molar-refractivity contribution >= 4 is 22.6 Å². The lowest BCUT2D eigenvalue weighted by molar-refractivity contribution is -0.0127. The van der Waals surface area contributed by atoms with Crippen molar-refractivity contribution < 1.29 is 9.18 Å². The highest BCUT2D eigenvalue weighted by atomic mass is 19.1. The molecule has 0 spiro atoms. The first-order valence-corrected chi connectivity index (χ1v) is 11.5. The predicted molar refractivity (Wildman–Crippen MR) is 120 cm³/mol. The van der Waals surface area contributed by atoms with Crippen LogP contribution in [0.1, 0.15) is 44.1 Å². The Labute approximate surface area is 181 Å². The van der Waals surface area contributed by atoms with Crippen LogP contribution in [0.15, 0.2) is 54.7 Å². The summed E-state index contributed by atoms with van der Waals surface area (Å²) < 4.78 is 15.3. The molecule has 4 nitrogen and oxygen atoms in total. The molecule has 7 rings (SSSR count). The van der Waals surface area contributed by atoms with Crippen LogP contribution in [-0.2, 0) is 6.54 Å². The Balaban J connectivity index is 1.15. The van der Waals surface area contributed by atoms with Gasteiger partial charge in [-0.3, -0.25) is 0 Å². The summed E-state index contributed by atoms with van der Waals surface area (Å²) in [6.07, 6.45) is 9.59. The second-order valence-corrected chi connectivity index (χ2v) is 10.1. The highest BCUT2D eigenvalue weighted by molar-refractivity contribution is 5.93. The van der Waals surface area contributed by atoms with Crippen molar-refractivity contribution in [2.24, 2.45) is 17.8 Å². The van der Waals surface area contributed by atoms with Gasteiger partial charge in [0.2, 0.25) is 0 Å². The van der Waals surface area contributed by atoms with Gasteiger partial charge in [-0.25, -0.2) is 9.18 Å². The van der Waals surface area contributed by atoms with Gasteiger partial charge >= 0.3 is 6.03 Å². The third-order valence-electron chi connectivity index (χ3n) is 7.71. The highest BCUT2D eigenvalue weighted by Crippen LogP contribution is 2.55. The van der Waals surface area contributed by atoms with E-state index in [1.54, 1.807) is 0 Å². The number of hydrogen-bond acceptors (Lipinski definition) is 1. The monoisotopic (exact) mass is 417 g/mol. The number of amides is 2. The molecule has 4 saturated carbocycles. The van der Waals surface area contributed by atoms with Crippen LogP contribution in [0, 0.1) is 23.6 Å². The van der Waals surface area contributed by atoms with Crippen molar-refractivity contribution in [3.8, 4) is 0 Å². The van der Waals surface area contributed by atoms with Crippen LogP contribution in [0.2, 0.25) is 0 Å². The largest absolute Gasteiger partial charge is 0.343 e. The number of aromatic nitrogens is 1. The molecule has 4 bridgehead atoms. The van der Waals surface area contributed by atoms with Gasteiger partial charge in [0, 0.05) is 34.9 Å². The molecule has 1 heterocycles. The second-order valence-electron chi connectivity index (χ2n) is 10.1. The third-order valence-corrected chi connectivity index (χ3v) is 7.71. The summed E-state index contributed by atoms with van der Waals surface area (Å²) in [6.45, 7) is 0.684. The topological polar surface area (TPSA) is 46.1 Å². The van der Waals surface area contributed by atoms with Crippen LogP contribution in [0.4, 0.5) is 14.9 Å². The fourth-order valence-corrected chi connectivity index (χ4v) is 6.87. The van der Waals surface area contributed by atoms with E-state index in [1.807, 2.05) is 36.5 Å². The molecule has 5 heteroatoms. The lowest BCUT2D eigenvalue weighted by atomic mass is 9.53. The standard InChI is InChI=1S/C26H28FN3O/c27-22-3-1-17(2-4-22)16-30-8-7-21-12-23(5-6-24(21)30)28-25(31)29-26-13-18-9-19(14-26)11-20(10-18)15-26/h1-8,12,18-20H,9-11,13-16H2,(H2,28,29,31). The van der Waals surface area contributed by atoms with Crippen molar-refractivity contribution in [3.05, 3.63) is 66.1 Å². The van der Waals surface area contributed by atoms with Crippen LogP contribution < -0.4 is 10.6 Å². The fourth-order valence-electron chi connectivity index (χ4n) is 6.87. The van der Waals surface area contributed by atoms with Gasteiger partial charge in [0.1, 0.15) is 5.82 Å². The summed E-state index contributed by atoms with van der Waals surface area (Å²) >= 11 is 0. The molecule has 0 unspecified atom stereocenters. The molecule has 2 aromatic carbocycles. The van der Waals surface area contributed by atoms with Gasteiger partial charge < -0.3 is 15.2 Å². The van der Waals surface area contributed by atoms with Crippen LogP contribution >= 0.6 is 0 Å².